The average Bonchev–Trinajstić information content (AvgIpc) is 2.91. The van der Waals surface area contributed by atoms with Crippen molar-refractivity contribution in [3.63, 3.8) is 0 Å². The van der Waals surface area contributed by atoms with E-state index in [1.807, 2.05) is 0 Å². The zero-order valence-corrected chi connectivity index (χ0v) is 11.5. The minimum atomic E-state index is -2.91. The second-order valence-corrected chi connectivity index (χ2v) is 5.92. The Bertz CT molecular complexity index is 1080. The summed E-state index contributed by atoms with van der Waals surface area (Å²) >= 11 is 0. The summed E-state index contributed by atoms with van der Waals surface area (Å²) in [7, 11) is -2.91. The smallest absolute Gasteiger partial charge is 0.165 e. The molecule has 2 bridgehead atoms. The zero-order chi connectivity index (χ0) is 24.6. The van der Waals surface area contributed by atoms with Gasteiger partial charge in [0.15, 0.2) is 11.5 Å². The summed E-state index contributed by atoms with van der Waals surface area (Å²) in [5, 5.41) is 10.9. The van der Waals surface area contributed by atoms with Gasteiger partial charge in [-0.1, -0.05) is 18.2 Å². The number of nitrogens with zero attached hydrogens (tertiary/aromatic N) is 1. The summed E-state index contributed by atoms with van der Waals surface area (Å²) in [5.74, 6) is -2.81. The van der Waals surface area contributed by atoms with Gasteiger partial charge in [-0.05, 0) is 37.9 Å². The van der Waals surface area contributed by atoms with Crippen molar-refractivity contribution in [2.45, 2.75) is 36.4 Å². The van der Waals surface area contributed by atoms with Crippen LogP contribution in [0.3, 0.4) is 0 Å². The second kappa shape index (κ2) is 4.06. The zero-order valence-electron chi connectivity index (χ0n) is 22.5. The maximum Gasteiger partial charge on any atom is 0.165 e. The van der Waals surface area contributed by atoms with Crippen LogP contribution in [0.25, 0.3) is 0 Å². The fraction of sp³-hybridized carbons (Fsp3) is 0.556. The Morgan fingerprint density at radius 3 is 3.36 bits per heavy atom. The first-order valence-corrected chi connectivity index (χ1v) is 7.09. The highest BCUT2D eigenvalue weighted by Gasteiger charge is 2.64. The van der Waals surface area contributed by atoms with Crippen LogP contribution in [-0.4, -0.2) is 48.8 Å². The Hall–Kier alpha value is -1.52. The van der Waals surface area contributed by atoms with Gasteiger partial charge < -0.3 is 19.5 Å². The molecule has 1 saturated heterocycles. The van der Waals surface area contributed by atoms with Gasteiger partial charge in [0.1, 0.15) is 12.2 Å². The van der Waals surface area contributed by atoms with Gasteiger partial charge >= 0.3 is 0 Å². The number of rotatable bonds is 1. The van der Waals surface area contributed by atoms with E-state index in [0.717, 1.165) is 23.1 Å². The van der Waals surface area contributed by atoms with Crippen LogP contribution >= 0.6 is 0 Å². The predicted octanol–water partition coefficient (Wildman–Crippen LogP) is 1.50. The van der Waals surface area contributed by atoms with E-state index in [1.54, 1.807) is 0 Å². The van der Waals surface area contributed by atoms with Gasteiger partial charge in [0.2, 0.25) is 0 Å². The molecular weight excluding hydrogens is 278 g/mol. The van der Waals surface area contributed by atoms with E-state index in [2.05, 4.69) is 0 Å². The molecule has 22 heavy (non-hydrogen) atoms. The van der Waals surface area contributed by atoms with Gasteiger partial charge in [-0.3, -0.25) is 0 Å². The summed E-state index contributed by atoms with van der Waals surface area (Å²) in [4.78, 5) is 0.915. The summed E-state index contributed by atoms with van der Waals surface area (Å²) in [5.41, 5.74) is -1.99. The van der Waals surface area contributed by atoms with Gasteiger partial charge in [0, 0.05) is 31.1 Å². The number of ether oxygens (including phenoxy) is 2. The molecule has 116 valence electrons. The van der Waals surface area contributed by atoms with Gasteiger partial charge in [-0.25, -0.2) is 0 Å². The predicted molar refractivity (Wildman–Crippen MR) is 82.5 cm³/mol. The van der Waals surface area contributed by atoms with Crippen molar-refractivity contribution in [2.24, 2.45) is 5.89 Å². The highest BCUT2D eigenvalue weighted by atomic mass is 16.5. The molecule has 1 spiro atoms. The van der Waals surface area contributed by atoms with E-state index in [-0.39, 0.29) is 35.6 Å². The number of hydrogen-bond donors (Lipinski definition) is 1. The number of likely N-dealkylation sites (N-methyl/N-ethyl adjacent to an activating group) is 1. The number of aliphatic hydroxyl groups is 1. The van der Waals surface area contributed by atoms with Crippen LogP contribution < -0.4 is 9.47 Å². The first kappa shape index (κ1) is 6.17. The van der Waals surface area contributed by atoms with E-state index in [1.165, 1.54) is 6.07 Å². The number of hydrogen-bond acceptors (Lipinski definition) is 4. The van der Waals surface area contributed by atoms with E-state index in [9.17, 15) is 6.48 Å². The molecule has 4 aliphatic rings. The minimum absolute atomic E-state index is 0.0317. The van der Waals surface area contributed by atoms with E-state index in [0.29, 0.717) is 0 Å². The molecule has 4 heteroatoms. The molecule has 1 N–H and O–H groups in total. The van der Waals surface area contributed by atoms with Crippen molar-refractivity contribution in [2.75, 3.05) is 20.6 Å². The van der Waals surface area contributed by atoms with Crippen LogP contribution in [0.5, 0.6) is 11.5 Å². The molecule has 0 saturated carbocycles. The summed E-state index contributed by atoms with van der Waals surface area (Å²) in [6, 6.07) is 0.784. The third kappa shape index (κ3) is 1.28. The van der Waals surface area contributed by atoms with Crippen molar-refractivity contribution in [3.8, 4) is 11.5 Å². The minimum Gasteiger partial charge on any atom is -0.493 e. The summed E-state index contributed by atoms with van der Waals surface area (Å²) in [6.45, 7) is -3.02. The number of benzene rings is 1. The average molecular weight is 310 g/mol. The molecule has 2 aliphatic carbocycles. The Kier molecular flexibility index (Phi) is 1.14. The van der Waals surface area contributed by atoms with Gasteiger partial charge in [-0.2, -0.15) is 0 Å². The summed E-state index contributed by atoms with van der Waals surface area (Å²) < 4.78 is 102. The topological polar surface area (TPSA) is 41.9 Å². The van der Waals surface area contributed by atoms with Crippen LogP contribution in [0.4, 0.5) is 0 Å². The molecule has 5 atom stereocenters. The number of piperidine rings is 1. The van der Waals surface area contributed by atoms with Crippen molar-refractivity contribution in [1.29, 1.82) is 0 Å². The largest absolute Gasteiger partial charge is 0.493 e. The molecule has 0 radical (unpaired) electrons. The van der Waals surface area contributed by atoms with Crippen LogP contribution in [0.1, 0.15) is 32.6 Å². The highest BCUT2D eigenvalue weighted by molar-refractivity contribution is 5.62. The number of methoxy groups -OCH3 is 1. The van der Waals surface area contributed by atoms with Crippen LogP contribution in [0.15, 0.2) is 24.3 Å². The fourth-order valence-corrected chi connectivity index (χ4v) is 4.12. The van der Waals surface area contributed by atoms with Crippen molar-refractivity contribution >= 4 is 0 Å². The van der Waals surface area contributed by atoms with Crippen molar-refractivity contribution in [3.05, 3.63) is 35.4 Å². The van der Waals surface area contributed by atoms with Gasteiger partial charge in [0.05, 0.1) is 13.9 Å². The maximum atomic E-state index is 10.9. The lowest BCUT2D eigenvalue weighted by Gasteiger charge is -2.56. The van der Waals surface area contributed by atoms with Crippen LogP contribution in [-0.2, 0) is 11.8 Å². The lowest BCUT2D eigenvalue weighted by Crippen LogP contribution is -2.64. The van der Waals surface area contributed by atoms with E-state index >= 15 is 0 Å². The highest BCUT2D eigenvalue weighted by Crippen LogP contribution is 2.62. The fourth-order valence-electron chi connectivity index (χ4n) is 4.12. The standard InChI is InChI=1S/C18H21NO3/c1-19-8-7-18-11-4-5-13(20)17(18)22-16-14(21-2)6-3-10(15(16)18)9-12(11)19/h3-6,11-13,17,20H,7-9H2,1-2H3/t11-,12+,13?,17?,18-/m0/s1/i1D3,2D3,9D2,11D,13D,17D. The normalized spacial score (nSPS) is 61.9. The molecule has 2 unspecified atom stereocenters. The second-order valence-electron chi connectivity index (χ2n) is 5.92. The number of likely N-dealkylation sites (tertiary alicyclic amines) is 1. The maximum absolute atomic E-state index is 10.9. The lowest BCUT2D eigenvalue weighted by molar-refractivity contribution is -0.0453. The molecule has 1 aromatic rings. The molecular formula is C18H21NO3. The quantitative estimate of drug-likeness (QED) is 0.798. The van der Waals surface area contributed by atoms with Crippen molar-refractivity contribution in [1.82, 2.24) is 4.90 Å². The summed E-state index contributed by atoms with van der Waals surface area (Å²) in [6.07, 6.45) is -6.05. The molecule has 2 heterocycles. The molecule has 4 nitrogen and oxygen atoms in total. The van der Waals surface area contributed by atoms with E-state index < -0.39 is 49.9 Å². The molecule has 1 fully saturated rings. The molecule has 5 rings (SSSR count). The van der Waals surface area contributed by atoms with Crippen LogP contribution in [0, 0.1) is 5.89 Å². The Labute approximate surface area is 145 Å². The first-order valence-electron chi connectivity index (χ1n) is 12.6. The third-order valence-corrected chi connectivity index (χ3v) is 5.02. The molecule has 0 amide bonds. The lowest BCUT2D eigenvalue weighted by atomic mass is 9.53. The SMILES string of the molecule is [2H]C([2H])([2H])Oc1ccc2c3c1OC1([2H])C([2H])(O)C=C[C@@]4([2H])[C@H](N(C([2H])([2H])[2H])CC[C@]314)C2([2H])[2H]. The molecule has 1 aromatic carbocycles. The monoisotopic (exact) mass is 310 g/mol. The van der Waals surface area contributed by atoms with Crippen molar-refractivity contribution < 1.29 is 29.7 Å². The van der Waals surface area contributed by atoms with Gasteiger partial charge in [-0.15, -0.1) is 0 Å². The van der Waals surface area contributed by atoms with Crippen LogP contribution in [0.2, 0.25) is 0 Å². The Morgan fingerprint density at radius 1 is 1.55 bits per heavy atom. The van der Waals surface area contributed by atoms with Gasteiger partial charge in [0.25, 0.3) is 0 Å². The Balaban J connectivity index is 1.90. The first-order chi connectivity index (χ1) is 14.8. The molecule has 2 aliphatic heterocycles. The third-order valence-electron chi connectivity index (χ3n) is 5.02. The molecule has 0 aromatic heterocycles. The van der Waals surface area contributed by atoms with E-state index in [4.69, 9.17) is 23.2 Å². The Morgan fingerprint density at radius 2 is 2.50 bits per heavy atom.